The molecule has 160 valence electrons. The van der Waals surface area contributed by atoms with E-state index >= 15 is 0 Å². The van der Waals surface area contributed by atoms with Gasteiger partial charge in [-0.2, -0.15) is 13.2 Å². The van der Waals surface area contributed by atoms with E-state index in [9.17, 15) is 22.4 Å². The topological polar surface area (TPSA) is 41.1 Å². The number of hydrogen-bond donors (Lipinski definition) is 2. The third-order valence-electron chi connectivity index (χ3n) is 5.44. The molecule has 7 heteroatoms. The Bertz CT molecular complexity index is 1060. The van der Waals surface area contributed by atoms with Crippen LogP contribution in [0.5, 0.6) is 0 Å². The van der Waals surface area contributed by atoms with Crippen LogP contribution in [0.4, 0.5) is 23.2 Å². The Balaban J connectivity index is 1.62. The fraction of sp³-hybridized carbons (Fsp3) is 0.208. The number of fused-ring (bicyclic) bond motifs is 1. The van der Waals surface area contributed by atoms with Crippen LogP contribution in [0.25, 0.3) is 0 Å². The molecular weight excluding hydrogens is 408 g/mol. The Labute approximate surface area is 177 Å². The van der Waals surface area contributed by atoms with Crippen LogP contribution in [0.2, 0.25) is 0 Å². The smallest absolute Gasteiger partial charge is 0.325 e. The highest BCUT2D eigenvalue weighted by molar-refractivity contribution is 5.95. The number of anilines is 1. The molecule has 1 aliphatic heterocycles. The molecule has 0 saturated carbocycles. The number of carbonyl (C=O) groups is 1. The molecule has 1 amide bonds. The Morgan fingerprint density at radius 1 is 0.935 bits per heavy atom. The first-order chi connectivity index (χ1) is 14.8. The largest absolute Gasteiger partial charge is 0.416 e. The molecule has 3 aromatic rings. The van der Waals surface area contributed by atoms with Crippen molar-refractivity contribution in [3.63, 3.8) is 0 Å². The Morgan fingerprint density at radius 3 is 2.29 bits per heavy atom. The monoisotopic (exact) mass is 428 g/mol. The summed E-state index contributed by atoms with van der Waals surface area (Å²) >= 11 is 0. The van der Waals surface area contributed by atoms with Gasteiger partial charge in [0.2, 0.25) is 5.91 Å². The molecule has 0 fully saturated rings. The van der Waals surface area contributed by atoms with E-state index in [1.54, 1.807) is 0 Å². The lowest BCUT2D eigenvalue weighted by atomic mass is 9.93. The van der Waals surface area contributed by atoms with E-state index in [0.717, 1.165) is 23.3 Å². The third kappa shape index (κ3) is 4.77. The molecular formula is C24H20F4N2O. The summed E-state index contributed by atoms with van der Waals surface area (Å²) in [5.74, 6) is -0.681. The second kappa shape index (κ2) is 8.51. The zero-order valence-corrected chi connectivity index (χ0v) is 16.4. The van der Waals surface area contributed by atoms with Crippen molar-refractivity contribution >= 4 is 11.6 Å². The number of benzene rings is 3. The van der Waals surface area contributed by atoms with Gasteiger partial charge >= 0.3 is 6.18 Å². The Morgan fingerprint density at radius 2 is 1.61 bits per heavy atom. The molecule has 0 saturated heterocycles. The van der Waals surface area contributed by atoms with Gasteiger partial charge in [0.15, 0.2) is 0 Å². The number of rotatable bonds is 3. The first kappa shape index (κ1) is 21.1. The van der Waals surface area contributed by atoms with Crippen molar-refractivity contribution in [1.82, 2.24) is 5.32 Å². The van der Waals surface area contributed by atoms with Gasteiger partial charge in [-0.05, 0) is 65.9 Å². The van der Waals surface area contributed by atoms with Gasteiger partial charge in [0.25, 0.3) is 0 Å². The number of hydrogen-bond acceptors (Lipinski definition) is 2. The van der Waals surface area contributed by atoms with Crippen molar-refractivity contribution in [2.45, 2.75) is 31.1 Å². The molecule has 0 spiro atoms. The van der Waals surface area contributed by atoms with Crippen molar-refractivity contribution < 1.29 is 22.4 Å². The van der Waals surface area contributed by atoms with Gasteiger partial charge in [-0.15, -0.1) is 0 Å². The maximum Gasteiger partial charge on any atom is 0.416 e. The summed E-state index contributed by atoms with van der Waals surface area (Å²) in [6, 6.07) is 17.1. The number of aryl methyl sites for hydroxylation is 1. The minimum atomic E-state index is -4.41. The summed E-state index contributed by atoms with van der Waals surface area (Å²) < 4.78 is 52.1. The Hall–Kier alpha value is -3.19. The highest BCUT2D eigenvalue weighted by Gasteiger charge is 2.32. The Kier molecular flexibility index (Phi) is 5.78. The number of amides is 1. The van der Waals surface area contributed by atoms with Crippen molar-refractivity contribution in [1.29, 1.82) is 0 Å². The molecule has 0 aromatic heterocycles. The van der Waals surface area contributed by atoms with Gasteiger partial charge in [0.1, 0.15) is 5.82 Å². The van der Waals surface area contributed by atoms with Gasteiger partial charge < -0.3 is 5.32 Å². The fourth-order valence-electron chi connectivity index (χ4n) is 3.83. The second-order valence-electron chi connectivity index (χ2n) is 7.51. The maximum absolute atomic E-state index is 13.1. The van der Waals surface area contributed by atoms with Crippen LogP contribution in [-0.4, -0.2) is 11.9 Å². The van der Waals surface area contributed by atoms with Gasteiger partial charge in [-0.3, -0.25) is 10.1 Å². The number of alkyl halides is 3. The number of nitrogens with one attached hydrogen (secondary N) is 2. The van der Waals surface area contributed by atoms with Crippen LogP contribution in [0, 0.1) is 5.82 Å². The van der Waals surface area contributed by atoms with Crippen molar-refractivity contribution in [3.8, 4) is 0 Å². The molecule has 2 unspecified atom stereocenters. The van der Waals surface area contributed by atoms with E-state index in [1.807, 2.05) is 24.3 Å². The molecule has 31 heavy (non-hydrogen) atoms. The molecule has 0 radical (unpaired) electrons. The van der Waals surface area contributed by atoms with Crippen LogP contribution >= 0.6 is 0 Å². The van der Waals surface area contributed by atoms with Crippen molar-refractivity contribution in [3.05, 3.63) is 101 Å². The summed E-state index contributed by atoms with van der Waals surface area (Å²) in [6.07, 6.45) is -3.26. The summed E-state index contributed by atoms with van der Waals surface area (Å²) in [5, 5.41) is 6.09. The average Bonchev–Trinajstić information content (AvgIpc) is 2.95. The van der Waals surface area contributed by atoms with Gasteiger partial charge in [0, 0.05) is 5.69 Å². The molecule has 3 nitrogen and oxygen atoms in total. The lowest BCUT2D eigenvalue weighted by molar-refractivity contribution is -0.137. The van der Waals surface area contributed by atoms with Crippen LogP contribution in [0.15, 0.2) is 72.8 Å². The van der Waals surface area contributed by atoms with E-state index in [1.165, 1.54) is 36.4 Å². The molecule has 0 aliphatic carbocycles. The quantitative estimate of drug-likeness (QED) is 0.543. The molecule has 2 atom stereocenters. The number of halogens is 4. The lowest BCUT2D eigenvalue weighted by Crippen LogP contribution is -2.42. The van der Waals surface area contributed by atoms with Gasteiger partial charge in [-0.1, -0.05) is 36.4 Å². The predicted molar refractivity (Wildman–Crippen MR) is 110 cm³/mol. The van der Waals surface area contributed by atoms with E-state index in [-0.39, 0.29) is 5.91 Å². The summed E-state index contributed by atoms with van der Waals surface area (Å²) in [6.45, 7) is 0. The van der Waals surface area contributed by atoms with E-state index in [4.69, 9.17) is 0 Å². The highest BCUT2D eigenvalue weighted by atomic mass is 19.4. The molecule has 3 aromatic carbocycles. The normalized spacial score (nSPS) is 18.7. The zero-order valence-electron chi connectivity index (χ0n) is 16.4. The van der Waals surface area contributed by atoms with Crippen LogP contribution < -0.4 is 10.6 Å². The van der Waals surface area contributed by atoms with Crippen molar-refractivity contribution in [2.24, 2.45) is 0 Å². The fourth-order valence-corrected chi connectivity index (χ4v) is 3.83. The standard InChI is InChI=1S/C24H20F4N2O/c25-18-10-12-19(13-11-18)29-23(31)21-14-7-15-3-1-2-4-20(15)22(30-21)16-5-8-17(9-6-16)24(26,27)28/h1-6,8-13,21-22,30H,7,14H2,(H,29,31). The molecule has 0 bridgehead atoms. The van der Waals surface area contributed by atoms with Crippen molar-refractivity contribution in [2.75, 3.05) is 5.32 Å². The second-order valence-corrected chi connectivity index (χ2v) is 7.51. The number of carbonyl (C=O) groups excluding carboxylic acids is 1. The highest BCUT2D eigenvalue weighted by Crippen LogP contribution is 2.33. The third-order valence-corrected chi connectivity index (χ3v) is 5.44. The zero-order chi connectivity index (χ0) is 22.0. The summed E-state index contributed by atoms with van der Waals surface area (Å²) in [4.78, 5) is 12.9. The minimum Gasteiger partial charge on any atom is -0.325 e. The lowest BCUT2D eigenvalue weighted by Gasteiger charge is -2.24. The van der Waals surface area contributed by atoms with E-state index in [2.05, 4.69) is 10.6 Å². The maximum atomic E-state index is 13.1. The van der Waals surface area contributed by atoms with Gasteiger partial charge in [-0.25, -0.2) is 4.39 Å². The molecule has 1 heterocycles. The average molecular weight is 428 g/mol. The first-order valence-electron chi connectivity index (χ1n) is 9.89. The SMILES string of the molecule is O=C(Nc1ccc(F)cc1)C1CCc2ccccc2C(c2ccc(C(F)(F)F)cc2)N1. The first-order valence-corrected chi connectivity index (χ1v) is 9.89. The molecule has 4 rings (SSSR count). The predicted octanol–water partition coefficient (Wildman–Crippen LogP) is 5.48. The van der Waals surface area contributed by atoms with Crippen LogP contribution in [0.3, 0.4) is 0 Å². The van der Waals surface area contributed by atoms with E-state index in [0.29, 0.717) is 24.1 Å². The van der Waals surface area contributed by atoms with E-state index < -0.39 is 29.6 Å². The molecule has 1 aliphatic rings. The molecule has 2 N–H and O–H groups in total. The minimum absolute atomic E-state index is 0.281. The van der Waals surface area contributed by atoms with Gasteiger partial charge in [0.05, 0.1) is 17.6 Å². The van der Waals surface area contributed by atoms with Crippen LogP contribution in [-0.2, 0) is 17.4 Å². The van der Waals surface area contributed by atoms with Crippen LogP contribution in [0.1, 0.15) is 34.7 Å². The summed E-state index contributed by atoms with van der Waals surface area (Å²) in [7, 11) is 0. The summed E-state index contributed by atoms with van der Waals surface area (Å²) in [5.41, 5.74) is 2.36.